The SMILES string of the molecule is C[C@H](Nc1ncc(F)c(N2C(=O)CC[C@H]2C)n1)c1ccc(CO)c(F)c1. The molecule has 138 valence electrons. The van der Waals surface area contributed by atoms with Gasteiger partial charge in [-0.25, -0.2) is 13.8 Å². The zero-order valence-corrected chi connectivity index (χ0v) is 14.5. The molecule has 0 spiro atoms. The highest BCUT2D eigenvalue weighted by Crippen LogP contribution is 2.28. The van der Waals surface area contributed by atoms with Gasteiger partial charge in [0.25, 0.3) is 0 Å². The maximum atomic E-state index is 14.1. The lowest BCUT2D eigenvalue weighted by Crippen LogP contribution is -2.32. The van der Waals surface area contributed by atoms with Gasteiger partial charge in [-0.05, 0) is 31.9 Å². The van der Waals surface area contributed by atoms with E-state index in [0.29, 0.717) is 18.4 Å². The summed E-state index contributed by atoms with van der Waals surface area (Å²) in [6.07, 6.45) is 2.03. The quantitative estimate of drug-likeness (QED) is 0.855. The second-order valence-electron chi connectivity index (χ2n) is 6.39. The molecule has 1 aromatic heterocycles. The lowest BCUT2D eigenvalue weighted by atomic mass is 10.1. The van der Waals surface area contributed by atoms with Gasteiger partial charge in [-0.1, -0.05) is 12.1 Å². The molecule has 6 nitrogen and oxygen atoms in total. The van der Waals surface area contributed by atoms with Crippen LogP contribution in [0.4, 0.5) is 20.5 Å². The Labute approximate surface area is 149 Å². The summed E-state index contributed by atoms with van der Waals surface area (Å²) in [5, 5.41) is 12.0. The van der Waals surface area contributed by atoms with Crippen molar-refractivity contribution in [3.63, 3.8) is 0 Å². The monoisotopic (exact) mass is 362 g/mol. The van der Waals surface area contributed by atoms with Gasteiger partial charge in [0, 0.05) is 18.0 Å². The lowest BCUT2D eigenvalue weighted by Gasteiger charge is -2.22. The molecule has 8 heteroatoms. The second-order valence-corrected chi connectivity index (χ2v) is 6.39. The first-order chi connectivity index (χ1) is 12.4. The maximum absolute atomic E-state index is 14.1. The first kappa shape index (κ1) is 18.2. The second kappa shape index (κ2) is 7.33. The molecule has 0 aliphatic carbocycles. The van der Waals surface area contributed by atoms with E-state index < -0.39 is 11.6 Å². The Morgan fingerprint density at radius 3 is 2.77 bits per heavy atom. The number of hydrogen-bond acceptors (Lipinski definition) is 5. The molecule has 1 saturated heterocycles. The number of amides is 1. The highest BCUT2D eigenvalue weighted by Gasteiger charge is 2.32. The van der Waals surface area contributed by atoms with Crippen LogP contribution in [0.2, 0.25) is 0 Å². The van der Waals surface area contributed by atoms with E-state index in [4.69, 9.17) is 5.11 Å². The van der Waals surface area contributed by atoms with Gasteiger partial charge in [-0.2, -0.15) is 4.98 Å². The number of carbonyl (C=O) groups is 1. The van der Waals surface area contributed by atoms with Gasteiger partial charge in [0.2, 0.25) is 11.9 Å². The third-order valence-corrected chi connectivity index (χ3v) is 4.53. The molecule has 0 unspecified atom stereocenters. The van der Waals surface area contributed by atoms with Crippen molar-refractivity contribution >= 4 is 17.7 Å². The minimum Gasteiger partial charge on any atom is -0.392 e. The number of carbonyl (C=O) groups excluding carboxylic acids is 1. The van der Waals surface area contributed by atoms with Crippen molar-refractivity contribution in [1.82, 2.24) is 9.97 Å². The minimum atomic E-state index is -0.663. The van der Waals surface area contributed by atoms with E-state index in [9.17, 15) is 13.6 Å². The van der Waals surface area contributed by atoms with Crippen LogP contribution in [-0.2, 0) is 11.4 Å². The normalized spacial score (nSPS) is 18.3. The van der Waals surface area contributed by atoms with Crippen molar-refractivity contribution in [2.24, 2.45) is 0 Å². The van der Waals surface area contributed by atoms with Gasteiger partial charge >= 0.3 is 0 Å². The summed E-state index contributed by atoms with van der Waals surface area (Å²) >= 11 is 0. The minimum absolute atomic E-state index is 0.0495. The Hall–Kier alpha value is -2.61. The smallest absolute Gasteiger partial charge is 0.228 e. The van der Waals surface area contributed by atoms with Crippen molar-refractivity contribution in [2.75, 3.05) is 10.2 Å². The van der Waals surface area contributed by atoms with E-state index in [1.165, 1.54) is 17.0 Å². The largest absolute Gasteiger partial charge is 0.392 e. The van der Waals surface area contributed by atoms with Crippen molar-refractivity contribution < 1.29 is 18.7 Å². The van der Waals surface area contributed by atoms with Gasteiger partial charge in [0.15, 0.2) is 11.6 Å². The fourth-order valence-corrected chi connectivity index (χ4v) is 2.99. The summed E-state index contributed by atoms with van der Waals surface area (Å²) < 4.78 is 28.0. The zero-order valence-electron chi connectivity index (χ0n) is 14.5. The summed E-state index contributed by atoms with van der Waals surface area (Å²) in [4.78, 5) is 21.4. The van der Waals surface area contributed by atoms with Crippen molar-refractivity contribution in [3.05, 3.63) is 47.2 Å². The van der Waals surface area contributed by atoms with Gasteiger partial charge in [-0.15, -0.1) is 0 Å². The fraction of sp³-hybridized carbons (Fsp3) is 0.389. The Bertz CT molecular complexity index is 831. The number of anilines is 2. The standard InChI is InChI=1S/C18H20F2N4O2/c1-10-3-6-16(26)24(10)17-15(20)8-21-18(23-17)22-11(2)12-4-5-13(9-25)14(19)7-12/h4-5,7-8,10-11,25H,3,6,9H2,1-2H3,(H,21,22,23)/t10-,11+/m1/s1. The number of rotatable bonds is 5. The Kier molecular flexibility index (Phi) is 5.13. The van der Waals surface area contributed by atoms with E-state index in [1.807, 2.05) is 6.92 Å². The summed E-state index contributed by atoms with van der Waals surface area (Å²) in [5.41, 5.74) is 0.836. The summed E-state index contributed by atoms with van der Waals surface area (Å²) in [6, 6.07) is 4.02. The molecule has 2 heterocycles. The molecule has 0 saturated carbocycles. The molecule has 26 heavy (non-hydrogen) atoms. The number of aliphatic hydroxyl groups is 1. The highest BCUT2D eigenvalue weighted by atomic mass is 19.1. The first-order valence-electron chi connectivity index (χ1n) is 8.41. The molecule has 1 aliphatic heterocycles. The highest BCUT2D eigenvalue weighted by molar-refractivity contribution is 5.95. The third-order valence-electron chi connectivity index (χ3n) is 4.53. The predicted molar refractivity (Wildman–Crippen MR) is 92.5 cm³/mol. The van der Waals surface area contributed by atoms with E-state index >= 15 is 0 Å². The van der Waals surface area contributed by atoms with Crippen LogP contribution in [0.15, 0.2) is 24.4 Å². The maximum Gasteiger partial charge on any atom is 0.228 e. The topological polar surface area (TPSA) is 78.4 Å². The van der Waals surface area contributed by atoms with E-state index in [1.54, 1.807) is 13.0 Å². The molecule has 1 aromatic carbocycles. The van der Waals surface area contributed by atoms with Crippen LogP contribution in [0.3, 0.4) is 0 Å². The van der Waals surface area contributed by atoms with Crippen LogP contribution in [0.1, 0.15) is 43.9 Å². The van der Waals surface area contributed by atoms with Gasteiger partial charge in [-0.3, -0.25) is 9.69 Å². The average Bonchev–Trinajstić information content (AvgIpc) is 2.95. The fourth-order valence-electron chi connectivity index (χ4n) is 2.99. The first-order valence-corrected chi connectivity index (χ1v) is 8.41. The number of benzene rings is 1. The molecule has 2 atom stereocenters. The van der Waals surface area contributed by atoms with Crippen LogP contribution < -0.4 is 10.2 Å². The van der Waals surface area contributed by atoms with Crippen molar-refractivity contribution in [1.29, 1.82) is 0 Å². The number of halogens is 2. The Morgan fingerprint density at radius 2 is 2.15 bits per heavy atom. The van der Waals surface area contributed by atoms with Crippen LogP contribution in [0.25, 0.3) is 0 Å². The van der Waals surface area contributed by atoms with Gasteiger partial charge in [0.1, 0.15) is 5.82 Å². The summed E-state index contributed by atoms with van der Waals surface area (Å²) in [7, 11) is 0. The lowest BCUT2D eigenvalue weighted by molar-refractivity contribution is -0.117. The van der Waals surface area contributed by atoms with Crippen molar-refractivity contribution in [3.8, 4) is 0 Å². The van der Waals surface area contributed by atoms with Gasteiger partial charge < -0.3 is 10.4 Å². The molecule has 2 N–H and O–H groups in total. The van der Waals surface area contributed by atoms with Crippen LogP contribution in [0.5, 0.6) is 0 Å². The molecule has 0 radical (unpaired) electrons. The third kappa shape index (κ3) is 3.50. The molecule has 1 aliphatic rings. The predicted octanol–water partition coefficient (Wildman–Crippen LogP) is 2.94. The number of nitrogens with zero attached hydrogens (tertiary/aromatic N) is 3. The average molecular weight is 362 g/mol. The number of hydrogen-bond donors (Lipinski definition) is 2. The van der Waals surface area contributed by atoms with Crippen LogP contribution in [0, 0.1) is 11.6 Å². The molecule has 2 aromatic rings. The Balaban J connectivity index is 1.83. The Morgan fingerprint density at radius 1 is 1.38 bits per heavy atom. The molecular formula is C18H20F2N4O2. The molecular weight excluding hydrogens is 342 g/mol. The number of aromatic nitrogens is 2. The number of nitrogens with one attached hydrogen (secondary N) is 1. The van der Waals surface area contributed by atoms with Gasteiger partial charge in [0.05, 0.1) is 18.8 Å². The molecule has 1 fully saturated rings. The number of aliphatic hydroxyl groups excluding tert-OH is 1. The van der Waals surface area contributed by atoms with Crippen molar-refractivity contribution in [2.45, 2.75) is 45.4 Å². The molecule has 1 amide bonds. The molecule has 0 bridgehead atoms. The van der Waals surface area contributed by atoms with E-state index in [-0.39, 0.29) is 41.9 Å². The summed E-state index contributed by atoms with van der Waals surface area (Å²) in [6.45, 7) is 3.25. The zero-order chi connectivity index (χ0) is 18.8. The van der Waals surface area contributed by atoms with Crippen LogP contribution >= 0.6 is 0 Å². The molecule has 3 rings (SSSR count). The van der Waals surface area contributed by atoms with E-state index in [0.717, 1.165) is 6.20 Å². The van der Waals surface area contributed by atoms with Crippen LogP contribution in [-0.4, -0.2) is 27.0 Å². The summed E-state index contributed by atoms with van der Waals surface area (Å²) in [5.74, 6) is -1.24. The van der Waals surface area contributed by atoms with E-state index in [2.05, 4.69) is 15.3 Å².